The van der Waals surface area contributed by atoms with Crippen LogP contribution in [0.1, 0.15) is 19.8 Å². The van der Waals surface area contributed by atoms with E-state index in [4.69, 9.17) is 0 Å². The van der Waals surface area contributed by atoms with Crippen LogP contribution >= 0.6 is 24.0 Å². The fourth-order valence-corrected chi connectivity index (χ4v) is 2.05. The predicted molar refractivity (Wildman–Crippen MR) is 84.4 cm³/mol. The quantitative estimate of drug-likeness (QED) is 0.502. The van der Waals surface area contributed by atoms with Crippen molar-refractivity contribution in [3.63, 3.8) is 0 Å². The van der Waals surface area contributed by atoms with Crippen molar-refractivity contribution in [1.29, 1.82) is 0 Å². The van der Waals surface area contributed by atoms with E-state index in [0.29, 0.717) is 0 Å². The molecule has 102 valence electrons. The number of rotatable bonds is 4. The van der Waals surface area contributed by atoms with E-state index in [2.05, 4.69) is 27.2 Å². The van der Waals surface area contributed by atoms with Crippen LogP contribution in [0.4, 0.5) is 0 Å². The van der Waals surface area contributed by atoms with Gasteiger partial charge in [0.2, 0.25) is 0 Å². The normalized spacial score (nSPS) is 15.6. The first-order valence-corrected chi connectivity index (χ1v) is 6.41. The zero-order valence-electron chi connectivity index (χ0n) is 10.9. The molecule has 0 saturated carbocycles. The smallest absolute Gasteiger partial charge is 0.193 e. The summed E-state index contributed by atoms with van der Waals surface area (Å²) in [6, 6.07) is 1.94. The molecule has 18 heavy (non-hydrogen) atoms. The van der Waals surface area contributed by atoms with Crippen LogP contribution in [0.25, 0.3) is 0 Å². The van der Waals surface area contributed by atoms with Crippen LogP contribution in [0.2, 0.25) is 0 Å². The van der Waals surface area contributed by atoms with Crippen LogP contribution in [-0.4, -0.2) is 46.8 Å². The highest BCUT2D eigenvalue weighted by Crippen LogP contribution is 2.07. The number of aromatic nitrogens is 2. The molecule has 2 rings (SSSR count). The second-order valence-corrected chi connectivity index (χ2v) is 4.20. The van der Waals surface area contributed by atoms with Gasteiger partial charge in [0.1, 0.15) is 0 Å². The third kappa shape index (κ3) is 4.47. The van der Waals surface area contributed by atoms with Gasteiger partial charge in [0.05, 0.1) is 13.1 Å². The van der Waals surface area contributed by atoms with Gasteiger partial charge in [-0.05, 0) is 25.8 Å². The van der Waals surface area contributed by atoms with Gasteiger partial charge < -0.3 is 10.2 Å². The standard InChI is InChI=1S/C12H21N5.HI/c1-2-13-12(16-8-3-4-9-16)14-7-11-17-10-5-6-15-17;/h5-6,10H,2-4,7-9,11H2,1H3,(H,13,14);1H. The largest absolute Gasteiger partial charge is 0.357 e. The SMILES string of the molecule is CCNC(=NCCn1cccn1)N1CCCC1.I. The fraction of sp³-hybridized carbons (Fsp3) is 0.667. The highest BCUT2D eigenvalue weighted by molar-refractivity contribution is 14.0. The van der Waals surface area contributed by atoms with Crippen molar-refractivity contribution in [2.45, 2.75) is 26.3 Å². The van der Waals surface area contributed by atoms with E-state index < -0.39 is 0 Å². The Bertz CT molecular complexity index is 343. The number of hydrogen-bond donors (Lipinski definition) is 1. The molecule has 0 atom stereocenters. The molecule has 0 unspecified atom stereocenters. The van der Waals surface area contributed by atoms with E-state index in [0.717, 1.165) is 38.7 Å². The van der Waals surface area contributed by atoms with E-state index in [1.165, 1.54) is 12.8 Å². The van der Waals surface area contributed by atoms with Crippen LogP contribution in [-0.2, 0) is 6.54 Å². The zero-order chi connectivity index (χ0) is 11.9. The highest BCUT2D eigenvalue weighted by Gasteiger charge is 2.14. The summed E-state index contributed by atoms with van der Waals surface area (Å²) in [7, 11) is 0. The summed E-state index contributed by atoms with van der Waals surface area (Å²) < 4.78 is 1.91. The molecule has 0 bridgehead atoms. The van der Waals surface area contributed by atoms with Gasteiger partial charge in [0.15, 0.2) is 5.96 Å². The minimum absolute atomic E-state index is 0. The minimum Gasteiger partial charge on any atom is -0.357 e. The molecule has 1 aromatic rings. The first-order chi connectivity index (χ1) is 8.40. The molecule has 6 heteroatoms. The summed E-state index contributed by atoms with van der Waals surface area (Å²) in [6.07, 6.45) is 6.33. The monoisotopic (exact) mass is 363 g/mol. The summed E-state index contributed by atoms with van der Waals surface area (Å²) in [6.45, 7) is 6.92. The summed E-state index contributed by atoms with van der Waals surface area (Å²) in [5.74, 6) is 1.05. The number of halogens is 1. The van der Waals surface area contributed by atoms with Crippen LogP contribution in [0.5, 0.6) is 0 Å². The third-order valence-corrected chi connectivity index (χ3v) is 2.89. The molecule has 0 spiro atoms. The summed E-state index contributed by atoms with van der Waals surface area (Å²) in [4.78, 5) is 6.98. The molecule has 2 heterocycles. The zero-order valence-corrected chi connectivity index (χ0v) is 13.2. The Morgan fingerprint density at radius 2 is 2.17 bits per heavy atom. The van der Waals surface area contributed by atoms with Gasteiger partial charge in [-0.25, -0.2) is 0 Å². The van der Waals surface area contributed by atoms with Crippen LogP contribution in [0.3, 0.4) is 0 Å². The van der Waals surface area contributed by atoms with Crippen molar-refractivity contribution in [2.75, 3.05) is 26.2 Å². The van der Waals surface area contributed by atoms with Crippen LogP contribution < -0.4 is 5.32 Å². The maximum atomic E-state index is 4.64. The van der Waals surface area contributed by atoms with Crippen LogP contribution in [0, 0.1) is 0 Å². The lowest BCUT2D eigenvalue weighted by Gasteiger charge is -2.20. The summed E-state index contributed by atoms with van der Waals surface area (Å²) in [5, 5.41) is 7.52. The topological polar surface area (TPSA) is 45.5 Å². The first kappa shape index (κ1) is 15.3. The lowest BCUT2D eigenvalue weighted by molar-refractivity contribution is 0.491. The number of guanidine groups is 1. The lowest BCUT2D eigenvalue weighted by atomic mass is 10.4. The van der Waals surface area contributed by atoms with E-state index in [9.17, 15) is 0 Å². The molecule has 1 N–H and O–H groups in total. The van der Waals surface area contributed by atoms with Crippen molar-refractivity contribution < 1.29 is 0 Å². The molecule has 0 aliphatic carbocycles. The summed E-state index contributed by atoms with van der Waals surface area (Å²) in [5.41, 5.74) is 0. The van der Waals surface area contributed by atoms with Gasteiger partial charge in [-0.1, -0.05) is 0 Å². The van der Waals surface area contributed by atoms with E-state index >= 15 is 0 Å². The Labute approximate surface area is 126 Å². The molecule has 1 aromatic heterocycles. The molecule has 1 saturated heterocycles. The average Bonchev–Trinajstić information content (AvgIpc) is 3.01. The number of aliphatic imine (C=N–C) groups is 1. The molecule has 1 aliphatic rings. The fourth-order valence-electron chi connectivity index (χ4n) is 2.05. The van der Waals surface area contributed by atoms with Gasteiger partial charge >= 0.3 is 0 Å². The van der Waals surface area contributed by atoms with E-state index in [-0.39, 0.29) is 24.0 Å². The number of likely N-dealkylation sites (tertiary alicyclic amines) is 1. The Balaban J connectivity index is 0.00000162. The third-order valence-electron chi connectivity index (χ3n) is 2.89. The molecule has 5 nitrogen and oxygen atoms in total. The lowest BCUT2D eigenvalue weighted by Crippen LogP contribution is -2.39. The number of nitrogens with one attached hydrogen (secondary N) is 1. The van der Waals surface area contributed by atoms with E-state index in [1.807, 2.05) is 16.9 Å². The first-order valence-electron chi connectivity index (χ1n) is 6.41. The molecular formula is C12H22IN5. The Morgan fingerprint density at radius 1 is 1.39 bits per heavy atom. The number of nitrogens with zero attached hydrogens (tertiary/aromatic N) is 4. The van der Waals surface area contributed by atoms with Crippen LogP contribution in [0.15, 0.2) is 23.5 Å². The van der Waals surface area contributed by atoms with Gasteiger partial charge in [-0.3, -0.25) is 9.67 Å². The minimum atomic E-state index is 0. The van der Waals surface area contributed by atoms with Crippen molar-refractivity contribution in [3.05, 3.63) is 18.5 Å². The van der Waals surface area contributed by atoms with Gasteiger partial charge in [0.25, 0.3) is 0 Å². The van der Waals surface area contributed by atoms with Crippen molar-refractivity contribution in [2.24, 2.45) is 4.99 Å². The maximum absolute atomic E-state index is 4.64. The van der Waals surface area contributed by atoms with Gasteiger partial charge in [0, 0.05) is 32.0 Å². The van der Waals surface area contributed by atoms with Crippen molar-refractivity contribution in [3.8, 4) is 0 Å². The molecule has 1 fully saturated rings. The maximum Gasteiger partial charge on any atom is 0.193 e. The molecule has 0 aromatic carbocycles. The Morgan fingerprint density at radius 3 is 2.78 bits per heavy atom. The highest BCUT2D eigenvalue weighted by atomic mass is 127. The van der Waals surface area contributed by atoms with E-state index in [1.54, 1.807) is 6.20 Å². The molecule has 0 radical (unpaired) electrons. The second kappa shape index (κ2) is 8.34. The Kier molecular flexibility index (Phi) is 7.07. The second-order valence-electron chi connectivity index (χ2n) is 4.20. The molecular weight excluding hydrogens is 341 g/mol. The average molecular weight is 363 g/mol. The van der Waals surface area contributed by atoms with Gasteiger partial charge in [-0.15, -0.1) is 24.0 Å². The number of hydrogen-bond acceptors (Lipinski definition) is 2. The van der Waals surface area contributed by atoms with Gasteiger partial charge in [-0.2, -0.15) is 5.10 Å². The van der Waals surface area contributed by atoms with Crippen molar-refractivity contribution >= 4 is 29.9 Å². The summed E-state index contributed by atoms with van der Waals surface area (Å²) >= 11 is 0. The Hall–Kier alpha value is -0.790. The molecule has 1 aliphatic heterocycles. The van der Waals surface area contributed by atoms with Crippen molar-refractivity contribution in [1.82, 2.24) is 20.0 Å². The molecule has 0 amide bonds. The predicted octanol–water partition coefficient (Wildman–Crippen LogP) is 1.56.